The molecule has 0 aliphatic rings. The third-order valence-electron chi connectivity index (χ3n) is 3.67. The second-order valence-electron chi connectivity index (χ2n) is 5.59. The van der Waals surface area contributed by atoms with Crippen molar-refractivity contribution in [3.63, 3.8) is 0 Å². The van der Waals surface area contributed by atoms with Crippen LogP contribution in [0.1, 0.15) is 33.0 Å². The number of allylic oxidation sites excluding steroid dienone is 1. The summed E-state index contributed by atoms with van der Waals surface area (Å²) >= 11 is 6.22. The third-order valence-corrected chi connectivity index (χ3v) is 3.97. The Balaban J connectivity index is 1.95. The van der Waals surface area contributed by atoms with Gasteiger partial charge in [-0.3, -0.25) is 4.79 Å². The van der Waals surface area contributed by atoms with E-state index in [0.717, 1.165) is 27.8 Å². The molecule has 1 aromatic carbocycles. The van der Waals surface area contributed by atoms with Crippen molar-refractivity contribution in [3.8, 4) is 0 Å². The molecular formula is C19H16ClNO2. The first-order chi connectivity index (χ1) is 10.9. The van der Waals surface area contributed by atoms with E-state index in [0.29, 0.717) is 16.5 Å². The Bertz CT molecular complexity index is 938. The van der Waals surface area contributed by atoms with Crippen LogP contribution in [0.5, 0.6) is 0 Å². The molecule has 0 saturated heterocycles. The summed E-state index contributed by atoms with van der Waals surface area (Å²) in [6.45, 7) is 5.62. The van der Waals surface area contributed by atoms with Crippen LogP contribution in [0.15, 0.2) is 40.8 Å². The molecule has 0 radical (unpaired) electrons. The Labute approximate surface area is 139 Å². The molecule has 0 bridgehead atoms. The van der Waals surface area contributed by atoms with Gasteiger partial charge in [-0.2, -0.15) is 0 Å². The summed E-state index contributed by atoms with van der Waals surface area (Å²) in [6.07, 6.45) is 3.20. The van der Waals surface area contributed by atoms with Gasteiger partial charge in [0.2, 0.25) is 0 Å². The number of carbonyl (C=O) groups excluding carboxylic acids is 1. The van der Waals surface area contributed by atoms with E-state index in [1.165, 1.54) is 6.08 Å². The fourth-order valence-corrected chi connectivity index (χ4v) is 2.74. The first kappa shape index (κ1) is 15.5. The number of furan rings is 1. The highest BCUT2D eigenvalue weighted by atomic mass is 35.5. The zero-order chi connectivity index (χ0) is 16.6. The minimum absolute atomic E-state index is 0.111. The molecule has 2 aromatic heterocycles. The number of nitrogens with zero attached hydrogens (tertiary/aromatic N) is 1. The maximum absolute atomic E-state index is 12.3. The molecule has 0 atom stereocenters. The second kappa shape index (κ2) is 6.01. The molecule has 4 heteroatoms. The van der Waals surface area contributed by atoms with E-state index in [2.05, 4.69) is 4.98 Å². The van der Waals surface area contributed by atoms with E-state index in [1.54, 1.807) is 19.1 Å². The number of aromatic nitrogens is 1. The molecule has 0 fully saturated rings. The summed E-state index contributed by atoms with van der Waals surface area (Å²) in [6, 6.07) is 9.66. The Morgan fingerprint density at radius 2 is 1.96 bits per heavy atom. The molecule has 0 N–H and O–H groups in total. The van der Waals surface area contributed by atoms with Gasteiger partial charge >= 0.3 is 0 Å². The van der Waals surface area contributed by atoms with Gasteiger partial charge in [0, 0.05) is 10.9 Å². The lowest BCUT2D eigenvalue weighted by Crippen LogP contribution is -1.94. The van der Waals surface area contributed by atoms with Crippen LogP contribution in [0.3, 0.4) is 0 Å². The summed E-state index contributed by atoms with van der Waals surface area (Å²) < 4.78 is 5.39. The van der Waals surface area contributed by atoms with Gasteiger partial charge in [0.15, 0.2) is 5.78 Å². The lowest BCUT2D eigenvalue weighted by molar-refractivity contribution is 0.104. The van der Waals surface area contributed by atoms with E-state index >= 15 is 0 Å². The summed E-state index contributed by atoms with van der Waals surface area (Å²) in [5.41, 5.74) is 3.28. The van der Waals surface area contributed by atoms with Crippen LogP contribution in [0, 0.1) is 20.8 Å². The van der Waals surface area contributed by atoms with Gasteiger partial charge in [-0.25, -0.2) is 4.98 Å². The van der Waals surface area contributed by atoms with Crippen molar-refractivity contribution in [3.05, 3.63) is 69.8 Å². The molecule has 0 saturated carbocycles. The fraction of sp³-hybridized carbons (Fsp3) is 0.158. The molecule has 2 heterocycles. The van der Waals surface area contributed by atoms with Crippen LogP contribution >= 0.6 is 11.6 Å². The fourth-order valence-electron chi connectivity index (χ4n) is 2.54. The van der Waals surface area contributed by atoms with Gasteiger partial charge in [-0.05, 0) is 57.2 Å². The van der Waals surface area contributed by atoms with Gasteiger partial charge in [0.25, 0.3) is 0 Å². The van der Waals surface area contributed by atoms with Gasteiger partial charge in [-0.1, -0.05) is 23.2 Å². The zero-order valence-corrected chi connectivity index (χ0v) is 13.9. The molecule has 23 heavy (non-hydrogen) atoms. The van der Waals surface area contributed by atoms with Gasteiger partial charge in [-0.15, -0.1) is 0 Å². The molecule has 3 aromatic rings. The number of hydrogen-bond acceptors (Lipinski definition) is 3. The van der Waals surface area contributed by atoms with Crippen LogP contribution in [0.4, 0.5) is 0 Å². The number of fused-ring (bicyclic) bond motifs is 1. The molecule has 0 spiro atoms. The van der Waals surface area contributed by atoms with E-state index in [-0.39, 0.29) is 5.78 Å². The number of hydrogen-bond donors (Lipinski definition) is 0. The molecule has 0 amide bonds. The molecule has 3 rings (SSSR count). The number of rotatable bonds is 3. The minimum atomic E-state index is -0.111. The van der Waals surface area contributed by atoms with E-state index in [1.807, 2.05) is 38.1 Å². The number of pyridine rings is 1. The molecular weight excluding hydrogens is 310 g/mol. The molecule has 3 nitrogen and oxygen atoms in total. The largest absolute Gasteiger partial charge is 0.466 e. The van der Waals surface area contributed by atoms with Gasteiger partial charge in [0.1, 0.15) is 16.7 Å². The number of aryl methyl sites for hydroxylation is 3. The van der Waals surface area contributed by atoms with Crippen LogP contribution in [0.25, 0.3) is 17.0 Å². The van der Waals surface area contributed by atoms with Crippen LogP contribution in [-0.2, 0) is 0 Å². The normalized spacial score (nSPS) is 11.5. The van der Waals surface area contributed by atoms with E-state index in [9.17, 15) is 4.79 Å². The summed E-state index contributed by atoms with van der Waals surface area (Å²) in [5.74, 6) is 1.23. The predicted octanol–water partition coefficient (Wildman–Crippen LogP) is 5.30. The van der Waals surface area contributed by atoms with Crippen LogP contribution < -0.4 is 0 Å². The lowest BCUT2D eigenvalue weighted by atomic mass is 10.1. The Morgan fingerprint density at radius 1 is 1.17 bits per heavy atom. The van der Waals surface area contributed by atoms with Crippen molar-refractivity contribution in [1.29, 1.82) is 0 Å². The second-order valence-corrected chi connectivity index (χ2v) is 5.95. The van der Waals surface area contributed by atoms with Gasteiger partial charge < -0.3 is 4.42 Å². The highest BCUT2D eigenvalue weighted by Crippen LogP contribution is 2.23. The minimum Gasteiger partial charge on any atom is -0.466 e. The first-order valence-electron chi connectivity index (χ1n) is 7.30. The standard InChI is InChI=1S/C19H16ClNO2/c1-11-4-6-17-15(8-11)10-14(19(20)21-17)5-7-18(22)16-9-12(2)23-13(16)3/h4-10H,1-3H3/b7-5+. The van der Waals surface area contributed by atoms with Crippen molar-refractivity contribution in [2.24, 2.45) is 0 Å². The Hall–Kier alpha value is -2.39. The maximum atomic E-state index is 12.3. The predicted molar refractivity (Wildman–Crippen MR) is 93.0 cm³/mol. The van der Waals surface area contributed by atoms with Crippen molar-refractivity contribution >= 4 is 34.4 Å². The Morgan fingerprint density at radius 3 is 2.65 bits per heavy atom. The topological polar surface area (TPSA) is 43.1 Å². The molecule has 0 aliphatic heterocycles. The third kappa shape index (κ3) is 3.20. The molecule has 0 unspecified atom stereocenters. The first-order valence-corrected chi connectivity index (χ1v) is 7.68. The summed E-state index contributed by atoms with van der Waals surface area (Å²) in [5, 5.41) is 1.38. The molecule has 0 aliphatic carbocycles. The monoisotopic (exact) mass is 325 g/mol. The quantitative estimate of drug-likeness (QED) is 0.372. The van der Waals surface area contributed by atoms with Crippen LogP contribution in [-0.4, -0.2) is 10.8 Å². The van der Waals surface area contributed by atoms with E-state index < -0.39 is 0 Å². The van der Waals surface area contributed by atoms with Crippen molar-refractivity contribution < 1.29 is 9.21 Å². The average molecular weight is 326 g/mol. The Kier molecular flexibility index (Phi) is 4.05. The van der Waals surface area contributed by atoms with Crippen molar-refractivity contribution in [1.82, 2.24) is 4.98 Å². The number of benzene rings is 1. The SMILES string of the molecule is Cc1ccc2nc(Cl)c(/C=C/C(=O)c3cc(C)oc3C)cc2c1. The van der Waals surface area contributed by atoms with E-state index in [4.69, 9.17) is 16.0 Å². The number of halogens is 1. The smallest absolute Gasteiger partial charge is 0.189 e. The maximum Gasteiger partial charge on any atom is 0.189 e. The highest BCUT2D eigenvalue weighted by Gasteiger charge is 2.11. The van der Waals surface area contributed by atoms with Crippen molar-refractivity contribution in [2.75, 3.05) is 0 Å². The lowest BCUT2D eigenvalue weighted by Gasteiger charge is -2.03. The molecule has 116 valence electrons. The zero-order valence-electron chi connectivity index (χ0n) is 13.2. The highest BCUT2D eigenvalue weighted by molar-refractivity contribution is 6.31. The summed E-state index contributed by atoms with van der Waals surface area (Å²) in [7, 11) is 0. The average Bonchev–Trinajstić information content (AvgIpc) is 2.84. The van der Waals surface area contributed by atoms with Gasteiger partial charge in [0.05, 0.1) is 11.1 Å². The number of ketones is 1. The summed E-state index contributed by atoms with van der Waals surface area (Å²) in [4.78, 5) is 16.6. The van der Waals surface area contributed by atoms with Crippen LogP contribution in [0.2, 0.25) is 5.15 Å². The number of carbonyl (C=O) groups is 1. The van der Waals surface area contributed by atoms with Crippen molar-refractivity contribution in [2.45, 2.75) is 20.8 Å².